The molecular weight excluding hydrogens is 718 g/mol. The van der Waals surface area contributed by atoms with Gasteiger partial charge in [0.15, 0.2) is 17.3 Å². The first-order chi connectivity index (χ1) is 26.6. The number of anilines is 1. The molecule has 56 heavy (non-hydrogen) atoms. The molecule has 1 aliphatic heterocycles. The van der Waals surface area contributed by atoms with Gasteiger partial charge < -0.3 is 40.3 Å². The van der Waals surface area contributed by atoms with Gasteiger partial charge in [-0.1, -0.05) is 64.0 Å². The Kier molecular flexibility index (Phi) is 11.6. The van der Waals surface area contributed by atoms with Crippen molar-refractivity contribution in [2.75, 3.05) is 12.4 Å². The number of amides is 1. The average molecular weight is 768 g/mol. The Morgan fingerprint density at radius 2 is 1.79 bits per heavy atom. The Morgan fingerprint density at radius 1 is 1.05 bits per heavy atom. The normalized spacial score (nSPS) is 32.1. The average Bonchev–Trinajstić information content (AvgIpc) is 3.49. The number of hydrogen-bond acceptors (Lipinski definition) is 11. The predicted molar refractivity (Wildman–Crippen MR) is 209 cm³/mol. The van der Waals surface area contributed by atoms with Crippen LogP contribution in [0.3, 0.4) is 0 Å². The molecule has 296 valence electrons. The van der Waals surface area contributed by atoms with Crippen molar-refractivity contribution in [1.29, 1.82) is 0 Å². The first kappa shape index (κ1) is 40.4. The van der Waals surface area contributed by atoms with Gasteiger partial charge in [-0.15, -0.1) is 0 Å². The summed E-state index contributed by atoms with van der Waals surface area (Å²) in [6, 6.07) is 3.29. The number of Topliss-reactive ketones (excluding diaryl/α,β-unsaturated/α-hetero) is 1. The Labute approximate surface area is 324 Å². The summed E-state index contributed by atoms with van der Waals surface area (Å²) >= 11 is 0. The number of aliphatic hydroxyl groups is 4. The fourth-order valence-electron chi connectivity index (χ4n) is 8.48. The summed E-state index contributed by atoms with van der Waals surface area (Å²) in [5.41, 5.74) is 1.50. The number of methoxy groups -OCH3 is 1. The fourth-order valence-corrected chi connectivity index (χ4v) is 8.48. The molecular formula is C43H49N3O10. The van der Waals surface area contributed by atoms with Crippen LogP contribution in [0, 0.1) is 47.3 Å². The summed E-state index contributed by atoms with van der Waals surface area (Å²) in [7, 11) is 1.49. The number of ether oxygens (including phenoxy) is 2. The van der Waals surface area contributed by atoms with Crippen molar-refractivity contribution in [2.24, 2.45) is 35.5 Å². The molecule has 2 unspecified atom stereocenters. The van der Waals surface area contributed by atoms with Crippen LogP contribution in [0.5, 0.6) is 5.75 Å². The molecule has 3 aliphatic rings. The van der Waals surface area contributed by atoms with Gasteiger partial charge >= 0.3 is 5.97 Å². The first-order valence-corrected chi connectivity index (χ1v) is 18.8. The van der Waals surface area contributed by atoms with Crippen LogP contribution in [-0.4, -0.2) is 84.1 Å². The number of aliphatic hydroxyl groups excluding tert-OH is 4. The summed E-state index contributed by atoms with van der Waals surface area (Å²) in [6.07, 6.45) is 5.70. The maximum atomic E-state index is 14.6. The quantitative estimate of drug-likeness (QED) is 0.0992. The highest BCUT2D eigenvalue weighted by atomic mass is 16.5. The van der Waals surface area contributed by atoms with E-state index in [1.807, 2.05) is 6.92 Å². The molecule has 0 saturated carbocycles. The van der Waals surface area contributed by atoms with Gasteiger partial charge in [0.05, 0.1) is 36.1 Å². The number of aromatic nitrogens is 2. The third-order valence-corrected chi connectivity index (χ3v) is 11.7. The molecule has 10 atom stereocenters. The van der Waals surface area contributed by atoms with E-state index in [1.165, 1.54) is 14.0 Å². The molecule has 6 rings (SSSR count). The summed E-state index contributed by atoms with van der Waals surface area (Å²) in [5, 5.41) is 59.9. The lowest BCUT2D eigenvalue weighted by molar-refractivity contribution is -0.165. The lowest BCUT2D eigenvalue weighted by atomic mass is 9.69. The minimum Gasteiger partial charge on any atom is -0.505 e. The van der Waals surface area contributed by atoms with Crippen LogP contribution in [0.25, 0.3) is 28.0 Å². The highest BCUT2D eigenvalue weighted by molar-refractivity contribution is 6.19. The molecule has 2 aliphatic carbocycles. The third kappa shape index (κ3) is 7.14. The number of phenolic OH excluding ortho intramolecular Hbond substituents is 1. The second-order valence-electron chi connectivity index (χ2n) is 15.2. The molecule has 3 aromatic rings. The number of nitrogens with one attached hydrogen (secondary N) is 1. The molecule has 1 aromatic carbocycles. The van der Waals surface area contributed by atoms with E-state index in [0.29, 0.717) is 11.2 Å². The largest absolute Gasteiger partial charge is 0.505 e. The van der Waals surface area contributed by atoms with Crippen LogP contribution >= 0.6 is 0 Å². The van der Waals surface area contributed by atoms with Gasteiger partial charge in [0.2, 0.25) is 0 Å². The SMILES string of the molecule is CO[C@H]1/C=C/CC(=O)C2=c3c4c(O)c(c5c3nc3cc(CO)ccn35)NC(=O)/C(C)=C\C=C\[C@H](C)[C@H](O)[C@@H](C)[C@@H](O)[C@@H](C)[C@H](OC(C)=O)[C@H]1C(C)C2C#CC=4O. The fraction of sp³-hybridized carbons (Fsp3) is 0.442. The van der Waals surface area contributed by atoms with Gasteiger partial charge in [0, 0.05) is 66.7 Å². The van der Waals surface area contributed by atoms with Crippen molar-refractivity contribution >= 4 is 51.4 Å². The zero-order chi connectivity index (χ0) is 40.7. The number of imidazole rings is 1. The molecule has 13 heteroatoms. The molecule has 6 N–H and O–H groups in total. The van der Waals surface area contributed by atoms with Crippen LogP contribution in [0.1, 0.15) is 53.5 Å². The Morgan fingerprint density at radius 3 is 2.46 bits per heavy atom. The van der Waals surface area contributed by atoms with E-state index in [0.717, 1.165) is 0 Å². The number of phenols is 1. The molecule has 6 bridgehead atoms. The highest BCUT2D eigenvalue weighted by Crippen LogP contribution is 2.41. The smallest absolute Gasteiger partial charge is 0.302 e. The number of rotatable bonds is 3. The van der Waals surface area contributed by atoms with Crippen LogP contribution in [0.4, 0.5) is 5.69 Å². The van der Waals surface area contributed by atoms with Crippen molar-refractivity contribution in [1.82, 2.24) is 9.38 Å². The van der Waals surface area contributed by atoms with Gasteiger partial charge in [-0.05, 0) is 36.5 Å². The van der Waals surface area contributed by atoms with Crippen molar-refractivity contribution < 1.29 is 49.4 Å². The molecule has 0 radical (unpaired) electrons. The monoisotopic (exact) mass is 767 g/mol. The van der Waals surface area contributed by atoms with Gasteiger partial charge in [0.25, 0.3) is 5.91 Å². The van der Waals surface area contributed by atoms with Crippen LogP contribution in [0.2, 0.25) is 0 Å². The van der Waals surface area contributed by atoms with Crippen LogP contribution < -0.4 is 15.8 Å². The summed E-state index contributed by atoms with van der Waals surface area (Å²) in [6.45, 7) is 9.60. The Bertz CT molecular complexity index is 2380. The predicted octanol–water partition coefficient (Wildman–Crippen LogP) is 2.95. The topological polar surface area (TPSA) is 200 Å². The van der Waals surface area contributed by atoms with E-state index in [2.05, 4.69) is 17.2 Å². The molecule has 0 saturated heterocycles. The van der Waals surface area contributed by atoms with Gasteiger partial charge in [-0.25, -0.2) is 4.98 Å². The molecule has 0 spiro atoms. The van der Waals surface area contributed by atoms with Crippen molar-refractivity contribution in [3.63, 3.8) is 0 Å². The second-order valence-corrected chi connectivity index (χ2v) is 15.2. The minimum atomic E-state index is -1.19. The van der Waals surface area contributed by atoms with Crippen molar-refractivity contribution in [3.05, 3.63) is 70.3 Å². The molecule has 13 nitrogen and oxygen atoms in total. The van der Waals surface area contributed by atoms with Gasteiger partial charge in [-0.2, -0.15) is 0 Å². The number of benzene rings is 1. The Balaban J connectivity index is 1.78. The number of allylic oxidation sites excluding steroid dienone is 3. The van der Waals surface area contributed by atoms with Crippen LogP contribution in [-0.2, 0) is 30.5 Å². The second kappa shape index (κ2) is 16.1. The summed E-state index contributed by atoms with van der Waals surface area (Å²) < 4.78 is 13.7. The number of carbonyl (C=O) groups excluding carboxylic acids is 3. The summed E-state index contributed by atoms with van der Waals surface area (Å²) in [4.78, 5) is 46.2. The molecule has 0 fully saturated rings. The van der Waals surface area contributed by atoms with Crippen LogP contribution in [0.15, 0.2) is 54.3 Å². The van der Waals surface area contributed by atoms with E-state index in [4.69, 9.17) is 14.5 Å². The number of carbonyl (C=O) groups is 3. The van der Waals surface area contributed by atoms with Crippen molar-refractivity contribution in [3.8, 4) is 17.6 Å². The molecule has 2 aromatic heterocycles. The zero-order valence-corrected chi connectivity index (χ0v) is 32.5. The van der Waals surface area contributed by atoms with E-state index < -0.39 is 83.3 Å². The number of pyridine rings is 1. The summed E-state index contributed by atoms with van der Waals surface area (Å²) in [5.74, 6) is -1.25. The number of aromatic hydroxyl groups is 1. The zero-order valence-electron chi connectivity index (χ0n) is 32.5. The lowest BCUT2D eigenvalue weighted by Gasteiger charge is -2.42. The maximum Gasteiger partial charge on any atom is 0.302 e. The number of fused-ring (bicyclic) bond motifs is 6. The third-order valence-electron chi connectivity index (χ3n) is 11.7. The van der Waals surface area contributed by atoms with Gasteiger partial charge in [0.1, 0.15) is 28.5 Å². The van der Waals surface area contributed by atoms with E-state index in [9.17, 15) is 39.9 Å². The van der Waals surface area contributed by atoms with E-state index >= 15 is 0 Å². The lowest BCUT2D eigenvalue weighted by Crippen LogP contribution is -2.50. The first-order valence-electron chi connectivity index (χ1n) is 18.8. The number of nitrogens with zero attached hydrogens (tertiary/aromatic N) is 2. The van der Waals surface area contributed by atoms with E-state index in [-0.39, 0.29) is 57.1 Å². The maximum absolute atomic E-state index is 14.6. The van der Waals surface area contributed by atoms with Gasteiger partial charge in [-0.3, -0.25) is 18.8 Å². The molecule has 1 amide bonds. The highest BCUT2D eigenvalue weighted by Gasteiger charge is 2.46. The Hall–Kier alpha value is -5.26. The number of esters is 1. The number of ketones is 1. The minimum absolute atomic E-state index is 0.0945. The molecule has 3 heterocycles. The number of hydrogen-bond donors (Lipinski definition) is 6. The van der Waals surface area contributed by atoms with Crippen molar-refractivity contribution in [2.45, 2.75) is 79.0 Å². The van der Waals surface area contributed by atoms with E-state index in [1.54, 1.807) is 80.8 Å². The standard InChI is InChI=1S/C43H49N3O10/c1-20-10-8-11-21(2)43(54)45-37-38-36(44-31-18-26(19-47)16-17-46(31)38)35-33-27(14-15-29(50)34(35)41(37)53)22(3)32(30(55-7)13-9-12-28(33)49)42(56-25(6)48)24(5)40(52)23(4)39(20)51/h8-11,13,16-18,20,22-24,27,30,32,39-40,42,47,50-53H,12,19H2,1-7H3,(H,45,54)/b10-8+,13-9+,21-11-/t20-,22?,23+,24+,27?,30-,32-,39-,40+,42-/m0/s1.